The first-order valence-corrected chi connectivity index (χ1v) is 6.89. The van der Waals surface area contributed by atoms with Gasteiger partial charge >= 0.3 is 0 Å². The van der Waals surface area contributed by atoms with Gasteiger partial charge in [0.25, 0.3) is 5.91 Å². The quantitative estimate of drug-likeness (QED) is 0.890. The Kier molecular flexibility index (Phi) is 5.20. The van der Waals surface area contributed by atoms with Crippen LogP contribution in [0.5, 0.6) is 5.75 Å². The number of anilines is 1. The SMILES string of the molecule is CC(O)c1cccc(NC(=O)COc2ccccc2Cl)c1. The fourth-order valence-electron chi connectivity index (χ4n) is 1.78. The van der Waals surface area contributed by atoms with Crippen LogP contribution in [-0.4, -0.2) is 17.6 Å². The zero-order valence-corrected chi connectivity index (χ0v) is 12.3. The van der Waals surface area contributed by atoms with E-state index < -0.39 is 6.10 Å². The van der Waals surface area contributed by atoms with Gasteiger partial charge in [-0.1, -0.05) is 35.9 Å². The lowest BCUT2D eigenvalue weighted by molar-refractivity contribution is -0.118. The number of aliphatic hydroxyl groups is 1. The van der Waals surface area contributed by atoms with E-state index in [0.717, 1.165) is 5.56 Å². The average molecular weight is 306 g/mol. The Bertz CT molecular complexity index is 628. The van der Waals surface area contributed by atoms with E-state index in [1.54, 1.807) is 55.5 Å². The number of amides is 1. The van der Waals surface area contributed by atoms with Crippen molar-refractivity contribution in [3.8, 4) is 5.75 Å². The smallest absolute Gasteiger partial charge is 0.262 e. The summed E-state index contributed by atoms with van der Waals surface area (Å²) in [5.41, 5.74) is 1.35. The van der Waals surface area contributed by atoms with E-state index in [-0.39, 0.29) is 12.5 Å². The van der Waals surface area contributed by atoms with E-state index in [2.05, 4.69) is 5.32 Å². The van der Waals surface area contributed by atoms with Crippen molar-refractivity contribution in [1.82, 2.24) is 0 Å². The monoisotopic (exact) mass is 305 g/mol. The van der Waals surface area contributed by atoms with E-state index in [4.69, 9.17) is 16.3 Å². The van der Waals surface area contributed by atoms with Crippen LogP contribution in [0, 0.1) is 0 Å². The summed E-state index contributed by atoms with van der Waals surface area (Å²) in [6.45, 7) is 1.53. The third kappa shape index (κ3) is 4.48. The van der Waals surface area contributed by atoms with Gasteiger partial charge in [0.2, 0.25) is 0 Å². The molecule has 0 spiro atoms. The second-order valence-electron chi connectivity index (χ2n) is 4.57. The number of halogens is 1. The maximum absolute atomic E-state index is 11.8. The Morgan fingerprint density at radius 3 is 2.76 bits per heavy atom. The lowest BCUT2D eigenvalue weighted by Gasteiger charge is -2.10. The Hall–Kier alpha value is -2.04. The van der Waals surface area contributed by atoms with E-state index >= 15 is 0 Å². The van der Waals surface area contributed by atoms with Crippen molar-refractivity contribution in [1.29, 1.82) is 0 Å². The van der Waals surface area contributed by atoms with Crippen molar-refractivity contribution in [3.63, 3.8) is 0 Å². The zero-order valence-electron chi connectivity index (χ0n) is 11.5. The molecule has 0 aromatic heterocycles. The van der Waals surface area contributed by atoms with Gasteiger partial charge < -0.3 is 15.2 Å². The van der Waals surface area contributed by atoms with Crippen LogP contribution in [0.2, 0.25) is 5.02 Å². The number of aliphatic hydroxyl groups excluding tert-OH is 1. The van der Waals surface area contributed by atoms with Crippen LogP contribution >= 0.6 is 11.6 Å². The lowest BCUT2D eigenvalue weighted by atomic mass is 10.1. The zero-order chi connectivity index (χ0) is 15.2. The number of carbonyl (C=O) groups excluding carboxylic acids is 1. The topological polar surface area (TPSA) is 58.6 Å². The Labute approximate surface area is 128 Å². The van der Waals surface area contributed by atoms with Crippen LogP contribution in [0.25, 0.3) is 0 Å². The molecule has 1 amide bonds. The molecule has 0 heterocycles. The molecule has 0 aliphatic rings. The summed E-state index contributed by atoms with van der Waals surface area (Å²) in [6.07, 6.45) is -0.582. The number of benzene rings is 2. The standard InChI is InChI=1S/C16H16ClNO3/c1-11(19)12-5-4-6-13(9-12)18-16(20)10-21-15-8-3-2-7-14(15)17/h2-9,11,19H,10H2,1H3,(H,18,20). The minimum atomic E-state index is -0.582. The van der Waals surface area contributed by atoms with Gasteiger partial charge in [-0.15, -0.1) is 0 Å². The molecule has 2 rings (SSSR count). The highest BCUT2D eigenvalue weighted by Crippen LogP contribution is 2.23. The van der Waals surface area contributed by atoms with Crippen molar-refractivity contribution in [2.45, 2.75) is 13.0 Å². The van der Waals surface area contributed by atoms with E-state index in [0.29, 0.717) is 16.5 Å². The van der Waals surface area contributed by atoms with E-state index in [1.807, 2.05) is 0 Å². The molecule has 0 saturated carbocycles. The fourth-order valence-corrected chi connectivity index (χ4v) is 1.97. The maximum atomic E-state index is 11.8. The van der Waals surface area contributed by atoms with Gasteiger partial charge in [-0.3, -0.25) is 4.79 Å². The summed E-state index contributed by atoms with van der Waals surface area (Å²) in [5, 5.41) is 12.7. The molecular formula is C16H16ClNO3. The number of hydrogen-bond donors (Lipinski definition) is 2. The largest absolute Gasteiger partial charge is 0.482 e. The Balaban J connectivity index is 1.93. The summed E-state index contributed by atoms with van der Waals surface area (Å²) in [7, 11) is 0. The van der Waals surface area contributed by atoms with Crippen LogP contribution in [0.3, 0.4) is 0 Å². The predicted octanol–water partition coefficient (Wildman–Crippen LogP) is 3.41. The van der Waals surface area contributed by atoms with Gasteiger partial charge in [-0.05, 0) is 36.8 Å². The van der Waals surface area contributed by atoms with Crippen LogP contribution in [-0.2, 0) is 4.79 Å². The molecule has 2 aromatic rings. The summed E-state index contributed by atoms with van der Waals surface area (Å²) >= 11 is 5.94. The second-order valence-corrected chi connectivity index (χ2v) is 4.98. The highest BCUT2D eigenvalue weighted by atomic mass is 35.5. The van der Waals surface area contributed by atoms with Gasteiger partial charge in [0.1, 0.15) is 5.75 Å². The summed E-state index contributed by atoms with van der Waals surface area (Å²) < 4.78 is 5.36. The van der Waals surface area contributed by atoms with Crippen molar-refractivity contribution in [2.24, 2.45) is 0 Å². The maximum Gasteiger partial charge on any atom is 0.262 e. The summed E-state index contributed by atoms with van der Waals surface area (Å²) in [6, 6.07) is 14.0. The lowest BCUT2D eigenvalue weighted by Crippen LogP contribution is -2.20. The Morgan fingerprint density at radius 2 is 2.05 bits per heavy atom. The number of ether oxygens (including phenoxy) is 1. The summed E-state index contributed by atoms with van der Waals surface area (Å²) in [5.74, 6) is 0.171. The molecule has 1 unspecified atom stereocenters. The van der Waals surface area contributed by atoms with Gasteiger partial charge in [0.05, 0.1) is 11.1 Å². The number of carbonyl (C=O) groups is 1. The van der Waals surface area contributed by atoms with Crippen molar-refractivity contribution in [3.05, 3.63) is 59.1 Å². The third-order valence-electron chi connectivity index (χ3n) is 2.85. The summed E-state index contributed by atoms with van der Waals surface area (Å²) in [4.78, 5) is 11.8. The van der Waals surface area contributed by atoms with Crippen molar-refractivity contribution in [2.75, 3.05) is 11.9 Å². The normalized spacial score (nSPS) is 11.8. The molecule has 4 nitrogen and oxygen atoms in total. The van der Waals surface area contributed by atoms with E-state index in [1.165, 1.54) is 0 Å². The number of nitrogens with one attached hydrogen (secondary N) is 1. The second kappa shape index (κ2) is 7.11. The first kappa shape index (κ1) is 15.4. The van der Waals surface area contributed by atoms with Crippen LogP contribution < -0.4 is 10.1 Å². The number of hydrogen-bond acceptors (Lipinski definition) is 3. The molecule has 0 aliphatic heterocycles. The molecule has 0 fully saturated rings. The molecule has 1 atom stereocenters. The van der Waals surface area contributed by atoms with Gasteiger partial charge in [0, 0.05) is 5.69 Å². The molecule has 110 valence electrons. The van der Waals surface area contributed by atoms with Crippen molar-refractivity contribution < 1.29 is 14.6 Å². The van der Waals surface area contributed by atoms with E-state index in [9.17, 15) is 9.90 Å². The van der Waals surface area contributed by atoms with Gasteiger partial charge in [-0.25, -0.2) is 0 Å². The van der Waals surface area contributed by atoms with Crippen LogP contribution in [0.15, 0.2) is 48.5 Å². The molecular weight excluding hydrogens is 290 g/mol. The van der Waals surface area contributed by atoms with Crippen molar-refractivity contribution >= 4 is 23.2 Å². The molecule has 0 aliphatic carbocycles. The number of para-hydroxylation sites is 1. The minimum absolute atomic E-state index is 0.136. The number of rotatable bonds is 5. The molecule has 0 bridgehead atoms. The minimum Gasteiger partial charge on any atom is -0.482 e. The first-order valence-electron chi connectivity index (χ1n) is 6.51. The van der Waals surface area contributed by atoms with Gasteiger partial charge in [0.15, 0.2) is 6.61 Å². The molecule has 5 heteroatoms. The fraction of sp³-hybridized carbons (Fsp3) is 0.188. The van der Waals surface area contributed by atoms with Gasteiger partial charge in [-0.2, -0.15) is 0 Å². The molecule has 2 aromatic carbocycles. The highest BCUT2D eigenvalue weighted by Gasteiger charge is 2.07. The predicted molar refractivity (Wildman–Crippen MR) is 82.7 cm³/mol. The van der Waals surface area contributed by atoms with Crippen LogP contribution in [0.4, 0.5) is 5.69 Å². The van der Waals surface area contributed by atoms with Crippen LogP contribution in [0.1, 0.15) is 18.6 Å². The molecule has 21 heavy (non-hydrogen) atoms. The molecule has 0 radical (unpaired) electrons. The average Bonchev–Trinajstić information content (AvgIpc) is 2.46. The Morgan fingerprint density at radius 1 is 1.29 bits per heavy atom. The third-order valence-corrected chi connectivity index (χ3v) is 3.16. The molecule has 2 N–H and O–H groups in total. The molecule has 0 saturated heterocycles. The first-order chi connectivity index (χ1) is 10.1. The highest BCUT2D eigenvalue weighted by molar-refractivity contribution is 6.32.